The first kappa shape index (κ1) is 9.21. The van der Waals surface area contributed by atoms with E-state index < -0.39 is 0 Å². The minimum Gasteiger partial charge on any atom is -0.342 e. The minimum atomic E-state index is -0.0687. The van der Waals surface area contributed by atoms with Crippen LogP contribution >= 0.6 is 11.6 Å². The van der Waals surface area contributed by atoms with E-state index in [-0.39, 0.29) is 11.7 Å². The lowest BCUT2D eigenvalue weighted by molar-refractivity contribution is 0.102. The summed E-state index contributed by atoms with van der Waals surface area (Å²) in [6.45, 7) is 1.88. The van der Waals surface area contributed by atoms with Gasteiger partial charge in [0.2, 0.25) is 0 Å². The van der Waals surface area contributed by atoms with E-state index in [0.717, 1.165) is 16.9 Å². The number of benzene rings is 1. The molecular formula is C10H9ClN2O. The van der Waals surface area contributed by atoms with Gasteiger partial charge in [0, 0.05) is 5.56 Å². The number of imidazole rings is 1. The van der Waals surface area contributed by atoms with Crippen LogP contribution in [0.3, 0.4) is 0 Å². The fraction of sp³-hybridized carbons (Fsp3) is 0.200. The van der Waals surface area contributed by atoms with Gasteiger partial charge in [-0.25, -0.2) is 4.98 Å². The van der Waals surface area contributed by atoms with Crippen molar-refractivity contribution in [3.8, 4) is 0 Å². The van der Waals surface area contributed by atoms with Gasteiger partial charge >= 0.3 is 0 Å². The maximum absolute atomic E-state index is 11.3. The van der Waals surface area contributed by atoms with Gasteiger partial charge in [-0.15, -0.1) is 11.6 Å². The molecule has 0 saturated heterocycles. The van der Waals surface area contributed by atoms with E-state index in [1.54, 1.807) is 12.1 Å². The number of aryl methyl sites for hydroxylation is 1. The van der Waals surface area contributed by atoms with E-state index in [4.69, 9.17) is 11.6 Å². The standard InChI is InChI=1S/C10H9ClN2O/c1-6-12-8-3-2-7(10(14)5-11)4-9(8)13-6/h2-4H,5H2,1H3,(H,12,13). The van der Waals surface area contributed by atoms with Crippen molar-refractivity contribution >= 4 is 28.4 Å². The minimum absolute atomic E-state index is 0.0125. The van der Waals surface area contributed by atoms with E-state index >= 15 is 0 Å². The van der Waals surface area contributed by atoms with Crippen LogP contribution in [0.2, 0.25) is 0 Å². The molecule has 1 aromatic heterocycles. The molecule has 1 N–H and O–H groups in total. The predicted molar refractivity (Wildman–Crippen MR) is 55.9 cm³/mol. The number of ketones is 1. The molecule has 0 aliphatic rings. The topological polar surface area (TPSA) is 45.8 Å². The molecule has 2 aromatic rings. The lowest BCUT2D eigenvalue weighted by Gasteiger charge is -1.95. The highest BCUT2D eigenvalue weighted by atomic mass is 35.5. The van der Waals surface area contributed by atoms with Gasteiger partial charge in [-0.3, -0.25) is 4.79 Å². The first-order valence-electron chi connectivity index (χ1n) is 4.26. The normalized spacial score (nSPS) is 10.7. The number of nitrogens with zero attached hydrogens (tertiary/aromatic N) is 1. The lowest BCUT2D eigenvalue weighted by atomic mass is 10.1. The summed E-state index contributed by atoms with van der Waals surface area (Å²) >= 11 is 5.47. The van der Waals surface area contributed by atoms with E-state index in [0.29, 0.717) is 5.56 Å². The molecule has 0 spiro atoms. The Bertz CT molecular complexity index is 490. The van der Waals surface area contributed by atoms with Crippen molar-refractivity contribution in [1.82, 2.24) is 9.97 Å². The number of hydrogen-bond donors (Lipinski definition) is 1. The number of aromatic nitrogens is 2. The van der Waals surface area contributed by atoms with Crippen molar-refractivity contribution in [3.63, 3.8) is 0 Å². The van der Waals surface area contributed by atoms with Crippen molar-refractivity contribution in [2.45, 2.75) is 6.92 Å². The smallest absolute Gasteiger partial charge is 0.177 e. The van der Waals surface area contributed by atoms with Gasteiger partial charge in [-0.2, -0.15) is 0 Å². The maximum Gasteiger partial charge on any atom is 0.177 e. The van der Waals surface area contributed by atoms with Gasteiger partial charge in [0.05, 0.1) is 16.9 Å². The van der Waals surface area contributed by atoms with E-state index in [1.165, 1.54) is 0 Å². The van der Waals surface area contributed by atoms with Crippen LogP contribution in [0.5, 0.6) is 0 Å². The molecular weight excluding hydrogens is 200 g/mol. The zero-order valence-corrected chi connectivity index (χ0v) is 8.43. The third-order valence-corrected chi connectivity index (χ3v) is 2.29. The lowest BCUT2D eigenvalue weighted by Crippen LogP contribution is -1.99. The molecule has 0 aliphatic carbocycles. The number of nitrogens with one attached hydrogen (secondary N) is 1. The first-order chi connectivity index (χ1) is 6.70. The van der Waals surface area contributed by atoms with Crippen molar-refractivity contribution < 1.29 is 4.79 Å². The second-order valence-corrected chi connectivity index (χ2v) is 3.38. The molecule has 0 amide bonds. The second kappa shape index (κ2) is 3.42. The molecule has 4 heteroatoms. The van der Waals surface area contributed by atoms with Crippen LogP contribution in [-0.4, -0.2) is 21.6 Å². The van der Waals surface area contributed by atoms with E-state index in [9.17, 15) is 4.79 Å². The summed E-state index contributed by atoms with van der Waals surface area (Å²) in [6, 6.07) is 5.34. The first-order valence-corrected chi connectivity index (χ1v) is 4.79. The Morgan fingerprint density at radius 2 is 2.36 bits per heavy atom. The molecule has 0 atom stereocenters. The van der Waals surface area contributed by atoms with Crippen LogP contribution in [0.1, 0.15) is 16.2 Å². The van der Waals surface area contributed by atoms with Crippen molar-refractivity contribution in [1.29, 1.82) is 0 Å². The Hall–Kier alpha value is -1.35. The van der Waals surface area contributed by atoms with Crippen LogP contribution in [-0.2, 0) is 0 Å². The highest BCUT2D eigenvalue weighted by Crippen LogP contribution is 2.14. The van der Waals surface area contributed by atoms with Crippen LogP contribution in [0.25, 0.3) is 11.0 Å². The molecule has 0 aliphatic heterocycles. The Balaban J connectivity index is 2.55. The monoisotopic (exact) mass is 208 g/mol. The summed E-state index contributed by atoms with van der Waals surface area (Å²) < 4.78 is 0. The molecule has 0 unspecified atom stereocenters. The van der Waals surface area contributed by atoms with Gasteiger partial charge in [0.1, 0.15) is 5.82 Å². The number of aromatic amines is 1. The molecule has 0 saturated carbocycles. The van der Waals surface area contributed by atoms with E-state index in [2.05, 4.69) is 9.97 Å². The third kappa shape index (κ3) is 1.51. The van der Waals surface area contributed by atoms with Gasteiger partial charge in [0.25, 0.3) is 0 Å². The van der Waals surface area contributed by atoms with Gasteiger partial charge in [-0.1, -0.05) is 0 Å². The molecule has 1 heterocycles. The van der Waals surface area contributed by atoms with Gasteiger partial charge in [-0.05, 0) is 25.1 Å². The number of alkyl halides is 1. The molecule has 72 valence electrons. The van der Waals surface area contributed by atoms with Crippen molar-refractivity contribution in [2.24, 2.45) is 0 Å². The summed E-state index contributed by atoms with van der Waals surface area (Å²) in [4.78, 5) is 18.6. The number of carbonyl (C=O) groups excluding carboxylic acids is 1. The summed E-state index contributed by atoms with van der Waals surface area (Å²) in [6.07, 6.45) is 0. The fourth-order valence-corrected chi connectivity index (χ4v) is 1.54. The number of fused-ring (bicyclic) bond motifs is 1. The zero-order chi connectivity index (χ0) is 10.1. The number of carbonyl (C=O) groups is 1. The van der Waals surface area contributed by atoms with Gasteiger partial charge < -0.3 is 4.98 Å². The number of H-pyrrole nitrogens is 1. The average molecular weight is 209 g/mol. The Labute approximate surface area is 86.1 Å². The number of Topliss-reactive ketones (excluding diaryl/α,β-unsaturated/α-hetero) is 1. The van der Waals surface area contributed by atoms with Crippen LogP contribution in [0, 0.1) is 6.92 Å². The average Bonchev–Trinajstić information content (AvgIpc) is 2.55. The number of hydrogen-bond acceptors (Lipinski definition) is 2. The number of rotatable bonds is 2. The zero-order valence-electron chi connectivity index (χ0n) is 7.67. The van der Waals surface area contributed by atoms with Crippen molar-refractivity contribution in [3.05, 3.63) is 29.6 Å². The van der Waals surface area contributed by atoms with Crippen LogP contribution in [0.4, 0.5) is 0 Å². The highest BCUT2D eigenvalue weighted by molar-refractivity contribution is 6.30. The molecule has 1 aromatic carbocycles. The summed E-state index contributed by atoms with van der Waals surface area (Å²) in [5.41, 5.74) is 2.36. The summed E-state index contributed by atoms with van der Waals surface area (Å²) in [5, 5.41) is 0. The summed E-state index contributed by atoms with van der Waals surface area (Å²) in [7, 11) is 0. The van der Waals surface area contributed by atoms with E-state index in [1.807, 2.05) is 13.0 Å². The number of halogens is 1. The molecule has 14 heavy (non-hydrogen) atoms. The molecule has 0 radical (unpaired) electrons. The Kier molecular flexibility index (Phi) is 2.25. The van der Waals surface area contributed by atoms with Crippen LogP contribution in [0.15, 0.2) is 18.2 Å². The molecule has 3 nitrogen and oxygen atoms in total. The highest BCUT2D eigenvalue weighted by Gasteiger charge is 2.06. The van der Waals surface area contributed by atoms with Crippen molar-refractivity contribution in [2.75, 3.05) is 5.88 Å². The second-order valence-electron chi connectivity index (χ2n) is 3.11. The Morgan fingerprint density at radius 3 is 3.07 bits per heavy atom. The largest absolute Gasteiger partial charge is 0.342 e. The third-order valence-electron chi connectivity index (χ3n) is 2.04. The Morgan fingerprint density at radius 1 is 1.57 bits per heavy atom. The summed E-state index contributed by atoms with van der Waals surface area (Å²) in [5.74, 6) is 0.787. The molecule has 0 fully saturated rings. The fourth-order valence-electron chi connectivity index (χ4n) is 1.39. The predicted octanol–water partition coefficient (Wildman–Crippen LogP) is 2.29. The van der Waals surface area contributed by atoms with Crippen LogP contribution < -0.4 is 0 Å². The quantitative estimate of drug-likeness (QED) is 0.608. The van der Waals surface area contributed by atoms with Gasteiger partial charge in [0.15, 0.2) is 5.78 Å². The SMILES string of the molecule is Cc1nc2ccc(C(=O)CCl)cc2[nH]1. The maximum atomic E-state index is 11.3. The molecule has 0 bridgehead atoms. The molecule has 2 rings (SSSR count).